The van der Waals surface area contributed by atoms with Gasteiger partial charge in [0.15, 0.2) is 0 Å². The number of sulfonamides is 1. The Morgan fingerprint density at radius 2 is 1.96 bits per heavy atom. The fourth-order valence-corrected chi connectivity index (χ4v) is 5.35. The molecular formula is C18H20N6O3S. The standard InChI is InChI=1S/C18H20N6O3S/c25-28(26)11-1-6-24(28)15-12-16(23-7-9-27-10-8-23)21-17-13(15)2-4-19-18(17)14-3-5-20-22-14/h2-5,12H,1,6-11H2,(H,20,22). The summed E-state index contributed by atoms with van der Waals surface area (Å²) in [5.41, 5.74) is 2.72. The normalized spacial score (nSPS) is 19.4. The first-order chi connectivity index (χ1) is 13.6. The lowest BCUT2D eigenvalue weighted by molar-refractivity contribution is 0.122. The molecule has 3 aromatic heterocycles. The molecule has 0 unspecified atom stereocenters. The van der Waals surface area contributed by atoms with Gasteiger partial charge in [-0.3, -0.25) is 14.4 Å². The highest BCUT2D eigenvalue weighted by molar-refractivity contribution is 7.93. The van der Waals surface area contributed by atoms with E-state index in [0.29, 0.717) is 56.2 Å². The van der Waals surface area contributed by atoms with Crippen LogP contribution in [0, 0.1) is 0 Å². The predicted molar refractivity (Wildman–Crippen MR) is 106 cm³/mol. The number of nitrogens with one attached hydrogen (secondary N) is 1. The molecule has 5 heterocycles. The van der Waals surface area contributed by atoms with Crippen LogP contribution in [-0.2, 0) is 14.8 Å². The number of aromatic amines is 1. The molecule has 0 aromatic carbocycles. The van der Waals surface area contributed by atoms with Gasteiger partial charge in [-0.2, -0.15) is 5.10 Å². The van der Waals surface area contributed by atoms with Gasteiger partial charge < -0.3 is 9.64 Å². The van der Waals surface area contributed by atoms with Gasteiger partial charge in [0.25, 0.3) is 0 Å². The van der Waals surface area contributed by atoms with Gasteiger partial charge in [-0.05, 0) is 18.6 Å². The number of anilines is 2. The summed E-state index contributed by atoms with van der Waals surface area (Å²) in [6, 6.07) is 5.54. The minimum Gasteiger partial charge on any atom is -0.378 e. The fraction of sp³-hybridized carbons (Fsp3) is 0.389. The molecule has 0 atom stereocenters. The Hall–Kier alpha value is -2.72. The average Bonchev–Trinajstić information content (AvgIpc) is 3.37. The summed E-state index contributed by atoms with van der Waals surface area (Å²) in [6.45, 7) is 3.15. The molecule has 0 aliphatic carbocycles. The molecule has 3 aromatic rings. The number of aromatic nitrogens is 4. The number of ether oxygens (including phenoxy) is 1. The third-order valence-corrected chi connectivity index (χ3v) is 7.01. The number of morpholine rings is 1. The van der Waals surface area contributed by atoms with Crippen molar-refractivity contribution in [1.82, 2.24) is 20.2 Å². The molecule has 2 aliphatic heterocycles. The Morgan fingerprint density at radius 3 is 2.68 bits per heavy atom. The molecule has 2 saturated heterocycles. The second-order valence-corrected chi connectivity index (χ2v) is 8.88. The Bertz CT molecular complexity index is 1110. The van der Waals surface area contributed by atoms with Crippen molar-refractivity contribution in [2.75, 3.05) is 47.8 Å². The largest absolute Gasteiger partial charge is 0.378 e. The van der Waals surface area contributed by atoms with Gasteiger partial charge in [0.1, 0.15) is 17.0 Å². The lowest BCUT2D eigenvalue weighted by atomic mass is 10.1. The van der Waals surface area contributed by atoms with Crippen LogP contribution in [0.25, 0.3) is 22.3 Å². The molecule has 0 radical (unpaired) electrons. The van der Waals surface area contributed by atoms with E-state index in [4.69, 9.17) is 9.72 Å². The Balaban J connectivity index is 1.76. The van der Waals surface area contributed by atoms with E-state index in [2.05, 4.69) is 20.1 Å². The number of pyridine rings is 2. The molecule has 5 rings (SSSR count). The zero-order chi connectivity index (χ0) is 19.1. The molecular weight excluding hydrogens is 380 g/mol. The summed E-state index contributed by atoms with van der Waals surface area (Å²) < 4.78 is 32.3. The molecule has 9 nitrogen and oxygen atoms in total. The van der Waals surface area contributed by atoms with Crippen LogP contribution in [0.5, 0.6) is 0 Å². The highest BCUT2D eigenvalue weighted by Gasteiger charge is 2.31. The smallest absolute Gasteiger partial charge is 0.235 e. The molecule has 0 spiro atoms. The molecule has 0 amide bonds. The number of rotatable bonds is 3. The molecule has 0 saturated carbocycles. The number of nitrogens with zero attached hydrogens (tertiary/aromatic N) is 5. The van der Waals surface area contributed by atoms with Gasteiger partial charge >= 0.3 is 0 Å². The van der Waals surface area contributed by atoms with Crippen molar-refractivity contribution in [2.24, 2.45) is 0 Å². The molecule has 1 N–H and O–H groups in total. The summed E-state index contributed by atoms with van der Waals surface area (Å²) in [5, 5.41) is 7.71. The summed E-state index contributed by atoms with van der Waals surface area (Å²) >= 11 is 0. The lowest BCUT2D eigenvalue weighted by Gasteiger charge is -2.29. The summed E-state index contributed by atoms with van der Waals surface area (Å²) in [6.07, 6.45) is 3.96. The van der Waals surface area contributed by atoms with Gasteiger partial charge in [0.2, 0.25) is 10.0 Å². The monoisotopic (exact) mass is 400 g/mol. The van der Waals surface area contributed by atoms with E-state index in [-0.39, 0.29) is 5.75 Å². The third kappa shape index (κ3) is 2.89. The van der Waals surface area contributed by atoms with Crippen molar-refractivity contribution < 1.29 is 13.2 Å². The van der Waals surface area contributed by atoms with E-state index >= 15 is 0 Å². The van der Waals surface area contributed by atoms with Gasteiger partial charge in [-0.25, -0.2) is 13.4 Å². The number of hydrogen-bond acceptors (Lipinski definition) is 7. The van der Waals surface area contributed by atoms with E-state index in [1.807, 2.05) is 18.2 Å². The lowest BCUT2D eigenvalue weighted by Crippen LogP contribution is -2.37. The molecule has 28 heavy (non-hydrogen) atoms. The number of hydrogen-bond donors (Lipinski definition) is 1. The number of H-pyrrole nitrogens is 1. The molecule has 2 aliphatic rings. The topological polar surface area (TPSA) is 104 Å². The van der Waals surface area contributed by atoms with Crippen LogP contribution >= 0.6 is 0 Å². The second kappa shape index (κ2) is 6.71. The van der Waals surface area contributed by atoms with Crippen molar-refractivity contribution in [2.45, 2.75) is 6.42 Å². The first-order valence-electron chi connectivity index (χ1n) is 9.26. The quantitative estimate of drug-likeness (QED) is 0.708. The van der Waals surface area contributed by atoms with Gasteiger partial charge in [-0.1, -0.05) is 0 Å². The highest BCUT2D eigenvalue weighted by atomic mass is 32.2. The van der Waals surface area contributed by atoms with Gasteiger partial charge in [0.05, 0.1) is 30.3 Å². The van der Waals surface area contributed by atoms with Crippen LogP contribution in [0.15, 0.2) is 30.6 Å². The maximum atomic E-state index is 12.6. The first-order valence-corrected chi connectivity index (χ1v) is 10.9. The predicted octanol–water partition coefficient (Wildman–Crippen LogP) is 1.40. The average molecular weight is 400 g/mol. The van der Waals surface area contributed by atoms with Crippen LogP contribution in [0.4, 0.5) is 11.5 Å². The van der Waals surface area contributed by atoms with Gasteiger partial charge in [-0.15, -0.1) is 0 Å². The van der Waals surface area contributed by atoms with Crippen molar-refractivity contribution in [3.8, 4) is 11.4 Å². The van der Waals surface area contributed by atoms with Crippen molar-refractivity contribution in [3.63, 3.8) is 0 Å². The van der Waals surface area contributed by atoms with Crippen molar-refractivity contribution in [3.05, 3.63) is 30.6 Å². The summed E-state index contributed by atoms with van der Waals surface area (Å²) in [5.74, 6) is 0.906. The molecule has 10 heteroatoms. The van der Waals surface area contributed by atoms with Crippen LogP contribution < -0.4 is 9.21 Å². The molecule has 2 fully saturated rings. The van der Waals surface area contributed by atoms with E-state index in [1.165, 1.54) is 4.31 Å². The third-order valence-electron chi connectivity index (χ3n) is 5.15. The van der Waals surface area contributed by atoms with E-state index in [9.17, 15) is 8.42 Å². The maximum Gasteiger partial charge on any atom is 0.235 e. The SMILES string of the molecule is O=S1(=O)CCCN1c1cc(N2CCOCC2)nc2c(-c3ccn[nH]3)nccc12. The second-order valence-electron chi connectivity index (χ2n) is 6.87. The number of fused-ring (bicyclic) bond motifs is 1. The minimum atomic E-state index is -3.32. The zero-order valence-corrected chi connectivity index (χ0v) is 16.0. The first kappa shape index (κ1) is 17.4. The Labute approximate surface area is 162 Å². The van der Waals surface area contributed by atoms with Gasteiger partial charge in [0, 0.05) is 43.5 Å². The highest BCUT2D eigenvalue weighted by Crippen LogP contribution is 2.36. The van der Waals surface area contributed by atoms with Crippen LogP contribution in [0.1, 0.15) is 6.42 Å². The van der Waals surface area contributed by atoms with E-state index in [1.54, 1.807) is 12.4 Å². The molecule has 146 valence electrons. The maximum absolute atomic E-state index is 12.6. The Kier molecular flexibility index (Phi) is 4.17. The van der Waals surface area contributed by atoms with E-state index in [0.717, 1.165) is 16.9 Å². The minimum absolute atomic E-state index is 0.169. The van der Waals surface area contributed by atoms with Crippen LogP contribution in [0.3, 0.4) is 0 Å². The molecule has 0 bridgehead atoms. The summed E-state index contributed by atoms with van der Waals surface area (Å²) in [7, 11) is -3.32. The van der Waals surface area contributed by atoms with E-state index < -0.39 is 10.0 Å². The Morgan fingerprint density at radius 1 is 1.11 bits per heavy atom. The summed E-state index contributed by atoms with van der Waals surface area (Å²) in [4.78, 5) is 11.5. The van der Waals surface area contributed by atoms with Crippen LogP contribution in [-0.4, -0.2) is 67.2 Å². The zero-order valence-electron chi connectivity index (χ0n) is 15.2. The van der Waals surface area contributed by atoms with Crippen molar-refractivity contribution in [1.29, 1.82) is 0 Å². The van der Waals surface area contributed by atoms with Crippen LogP contribution in [0.2, 0.25) is 0 Å². The fourth-order valence-electron chi connectivity index (χ4n) is 3.78. The van der Waals surface area contributed by atoms with Crippen molar-refractivity contribution >= 4 is 32.4 Å².